The zero-order valence-electron chi connectivity index (χ0n) is 12.1. The first-order valence-corrected chi connectivity index (χ1v) is 7.07. The van der Waals surface area contributed by atoms with Gasteiger partial charge in [-0.3, -0.25) is 0 Å². The highest BCUT2D eigenvalue weighted by atomic mass is 16.5. The summed E-state index contributed by atoms with van der Waals surface area (Å²) in [5.41, 5.74) is 1.16. The second-order valence-electron chi connectivity index (χ2n) is 5.24. The monoisotopic (exact) mass is 267 g/mol. The fourth-order valence-corrected chi connectivity index (χ4v) is 2.65. The molecule has 2 heterocycles. The van der Waals surface area contributed by atoms with Gasteiger partial charge in [0.15, 0.2) is 0 Å². The molecule has 3 atom stereocenters. The van der Waals surface area contributed by atoms with Gasteiger partial charge in [0.2, 0.25) is 0 Å². The standard InChI is InChI=1S/C14H25N3O2/c1-4-11(9-18-3)16-12-5-6-19-14(7-12)13-8-15-10-17(13)2/h8,10-12,14,16H,4-7,9H2,1-3H3/t11-,12-,14+/m1/s1. The van der Waals surface area contributed by atoms with E-state index in [4.69, 9.17) is 9.47 Å². The van der Waals surface area contributed by atoms with E-state index in [1.165, 1.54) is 0 Å². The molecule has 1 N–H and O–H groups in total. The van der Waals surface area contributed by atoms with Crippen molar-refractivity contribution in [1.29, 1.82) is 0 Å². The normalized spacial score (nSPS) is 25.4. The van der Waals surface area contributed by atoms with E-state index in [9.17, 15) is 0 Å². The van der Waals surface area contributed by atoms with E-state index in [1.807, 2.05) is 24.1 Å². The Kier molecular flexibility index (Phi) is 5.36. The van der Waals surface area contributed by atoms with Gasteiger partial charge in [-0.15, -0.1) is 0 Å². The maximum absolute atomic E-state index is 5.88. The van der Waals surface area contributed by atoms with Crippen molar-refractivity contribution in [2.45, 2.75) is 44.4 Å². The molecular formula is C14H25N3O2. The van der Waals surface area contributed by atoms with Gasteiger partial charge in [-0.25, -0.2) is 4.98 Å². The molecule has 1 aliphatic heterocycles. The molecule has 108 valence electrons. The van der Waals surface area contributed by atoms with Crippen LogP contribution in [-0.2, 0) is 16.5 Å². The lowest BCUT2D eigenvalue weighted by molar-refractivity contribution is -0.00768. The van der Waals surface area contributed by atoms with Crippen molar-refractivity contribution >= 4 is 0 Å². The maximum atomic E-state index is 5.88. The third kappa shape index (κ3) is 3.78. The molecule has 2 rings (SSSR count). The lowest BCUT2D eigenvalue weighted by atomic mass is 10.00. The Morgan fingerprint density at radius 3 is 3.11 bits per heavy atom. The maximum Gasteiger partial charge on any atom is 0.100 e. The van der Waals surface area contributed by atoms with Crippen molar-refractivity contribution in [3.05, 3.63) is 18.2 Å². The minimum Gasteiger partial charge on any atom is -0.383 e. The van der Waals surface area contributed by atoms with Crippen LogP contribution >= 0.6 is 0 Å². The van der Waals surface area contributed by atoms with Gasteiger partial charge in [-0.05, 0) is 19.3 Å². The molecule has 0 aromatic carbocycles. The number of imidazole rings is 1. The minimum atomic E-state index is 0.152. The molecular weight excluding hydrogens is 242 g/mol. The summed E-state index contributed by atoms with van der Waals surface area (Å²) >= 11 is 0. The number of rotatable bonds is 6. The fourth-order valence-electron chi connectivity index (χ4n) is 2.65. The second-order valence-corrected chi connectivity index (χ2v) is 5.24. The summed E-state index contributed by atoms with van der Waals surface area (Å²) in [5, 5.41) is 3.68. The smallest absolute Gasteiger partial charge is 0.100 e. The van der Waals surface area contributed by atoms with Crippen molar-refractivity contribution in [3.8, 4) is 0 Å². The number of ether oxygens (including phenoxy) is 2. The molecule has 1 fully saturated rings. The summed E-state index contributed by atoms with van der Waals surface area (Å²) in [7, 11) is 3.77. The van der Waals surface area contributed by atoms with Crippen LogP contribution in [0.4, 0.5) is 0 Å². The number of nitrogens with one attached hydrogen (secondary N) is 1. The lowest BCUT2D eigenvalue weighted by Crippen LogP contribution is -2.44. The Bertz CT molecular complexity index is 381. The highest BCUT2D eigenvalue weighted by molar-refractivity contribution is 5.04. The third-order valence-corrected chi connectivity index (χ3v) is 3.80. The van der Waals surface area contributed by atoms with Crippen LogP contribution in [0.1, 0.15) is 38.0 Å². The molecule has 0 spiro atoms. The topological polar surface area (TPSA) is 48.3 Å². The quantitative estimate of drug-likeness (QED) is 0.851. The Morgan fingerprint density at radius 2 is 2.47 bits per heavy atom. The summed E-state index contributed by atoms with van der Waals surface area (Å²) < 4.78 is 13.2. The molecule has 0 unspecified atom stereocenters. The van der Waals surface area contributed by atoms with Gasteiger partial charge < -0.3 is 19.4 Å². The Morgan fingerprint density at radius 1 is 1.63 bits per heavy atom. The van der Waals surface area contributed by atoms with Crippen LogP contribution in [0.2, 0.25) is 0 Å². The molecule has 0 amide bonds. The van der Waals surface area contributed by atoms with E-state index in [2.05, 4.69) is 17.2 Å². The average molecular weight is 267 g/mol. The van der Waals surface area contributed by atoms with E-state index < -0.39 is 0 Å². The van der Waals surface area contributed by atoms with E-state index in [1.54, 1.807) is 7.11 Å². The van der Waals surface area contributed by atoms with E-state index in [0.717, 1.165) is 38.2 Å². The predicted molar refractivity (Wildman–Crippen MR) is 74.0 cm³/mol. The Balaban J connectivity index is 1.92. The van der Waals surface area contributed by atoms with Crippen LogP contribution in [0.15, 0.2) is 12.5 Å². The zero-order chi connectivity index (χ0) is 13.7. The number of aromatic nitrogens is 2. The molecule has 5 nitrogen and oxygen atoms in total. The van der Waals surface area contributed by atoms with E-state index in [0.29, 0.717) is 12.1 Å². The van der Waals surface area contributed by atoms with E-state index in [-0.39, 0.29) is 6.10 Å². The highest BCUT2D eigenvalue weighted by Crippen LogP contribution is 2.27. The average Bonchev–Trinajstić information content (AvgIpc) is 2.85. The first-order chi connectivity index (χ1) is 9.24. The van der Waals surface area contributed by atoms with Crippen molar-refractivity contribution in [1.82, 2.24) is 14.9 Å². The van der Waals surface area contributed by atoms with Gasteiger partial charge in [0.05, 0.1) is 24.8 Å². The second kappa shape index (κ2) is 7.03. The molecule has 19 heavy (non-hydrogen) atoms. The molecule has 1 aromatic rings. The zero-order valence-corrected chi connectivity index (χ0v) is 12.1. The van der Waals surface area contributed by atoms with Gasteiger partial charge in [0.25, 0.3) is 0 Å². The molecule has 0 aliphatic carbocycles. The van der Waals surface area contributed by atoms with Crippen LogP contribution in [0.3, 0.4) is 0 Å². The van der Waals surface area contributed by atoms with Crippen LogP contribution < -0.4 is 5.32 Å². The van der Waals surface area contributed by atoms with Crippen molar-refractivity contribution in [2.24, 2.45) is 7.05 Å². The van der Waals surface area contributed by atoms with Gasteiger partial charge in [0.1, 0.15) is 6.10 Å². The fraction of sp³-hybridized carbons (Fsp3) is 0.786. The van der Waals surface area contributed by atoms with E-state index >= 15 is 0 Å². The third-order valence-electron chi connectivity index (χ3n) is 3.80. The largest absolute Gasteiger partial charge is 0.383 e. The summed E-state index contributed by atoms with van der Waals surface area (Å²) in [6, 6.07) is 0.925. The lowest BCUT2D eigenvalue weighted by Gasteiger charge is -2.32. The van der Waals surface area contributed by atoms with Crippen molar-refractivity contribution < 1.29 is 9.47 Å². The summed E-state index contributed by atoms with van der Waals surface area (Å²) in [4.78, 5) is 4.17. The molecule has 0 radical (unpaired) electrons. The molecule has 0 bridgehead atoms. The molecule has 5 heteroatoms. The summed E-state index contributed by atoms with van der Waals surface area (Å²) in [6.07, 6.45) is 7.03. The molecule has 1 aliphatic rings. The number of hydrogen-bond donors (Lipinski definition) is 1. The van der Waals surface area contributed by atoms with Gasteiger partial charge in [-0.2, -0.15) is 0 Å². The SMILES string of the molecule is CC[C@H](COC)N[C@@H]1CCO[C@H](c2cncn2C)C1. The Hall–Kier alpha value is -0.910. The number of nitrogens with zero attached hydrogens (tertiary/aromatic N) is 2. The van der Waals surface area contributed by atoms with Crippen LogP contribution in [0.25, 0.3) is 0 Å². The van der Waals surface area contributed by atoms with Crippen molar-refractivity contribution in [2.75, 3.05) is 20.3 Å². The van der Waals surface area contributed by atoms with Crippen LogP contribution in [-0.4, -0.2) is 42.0 Å². The highest BCUT2D eigenvalue weighted by Gasteiger charge is 2.26. The molecule has 0 saturated carbocycles. The first kappa shape index (κ1) is 14.5. The molecule has 1 saturated heterocycles. The van der Waals surface area contributed by atoms with Crippen LogP contribution in [0, 0.1) is 0 Å². The molecule has 1 aromatic heterocycles. The number of aryl methyl sites for hydroxylation is 1. The summed E-state index contributed by atoms with van der Waals surface area (Å²) in [5.74, 6) is 0. The predicted octanol–water partition coefficient (Wildman–Crippen LogP) is 1.65. The summed E-state index contributed by atoms with van der Waals surface area (Å²) in [6.45, 7) is 3.76. The first-order valence-electron chi connectivity index (χ1n) is 7.07. The van der Waals surface area contributed by atoms with Gasteiger partial charge in [0, 0.05) is 32.8 Å². The van der Waals surface area contributed by atoms with Gasteiger partial charge in [-0.1, -0.05) is 6.92 Å². The minimum absolute atomic E-state index is 0.152. The van der Waals surface area contributed by atoms with Crippen LogP contribution in [0.5, 0.6) is 0 Å². The number of hydrogen-bond acceptors (Lipinski definition) is 4. The Labute approximate surface area is 115 Å². The number of methoxy groups -OCH3 is 1. The van der Waals surface area contributed by atoms with Crippen molar-refractivity contribution in [3.63, 3.8) is 0 Å². The van der Waals surface area contributed by atoms with Gasteiger partial charge >= 0.3 is 0 Å².